The molecule has 3 aromatic rings. The van der Waals surface area contributed by atoms with Crippen molar-refractivity contribution in [1.29, 1.82) is 0 Å². The van der Waals surface area contributed by atoms with Crippen molar-refractivity contribution < 1.29 is 13.9 Å². The van der Waals surface area contributed by atoms with Gasteiger partial charge in [0.15, 0.2) is 0 Å². The summed E-state index contributed by atoms with van der Waals surface area (Å²) in [4.78, 5) is 25.5. The van der Waals surface area contributed by atoms with Crippen LogP contribution in [-0.4, -0.2) is 13.0 Å². The van der Waals surface area contributed by atoms with Gasteiger partial charge in [0.25, 0.3) is 0 Å². The van der Waals surface area contributed by atoms with Crippen molar-refractivity contribution in [2.75, 3.05) is 7.11 Å². The lowest BCUT2D eigenvalue weighted by atomic mass is 10.0. The van der Waals surface area contributed by atoms with Gasteiger partial charge in [0.2, 0.25) is 5.91 Å². The third-order valence-electron chi connectivity index (χ3n) is 4.18. The summed E-state index contributed by atoms with van der Waals surface area (Å²) in [5.41, 5.74) is 1.46. The number of thiophene rings is 1. The predicted molar refractivity (Wildman–Crippen MR) is 106 cm³/mol. The van der Waals surface area contributed by atoms with Gasteiger partial charge in [0.05, 0.1) is 13.7 Å². The van der Waals surface area contributed by atoms with E-state index in [-0.39, 0.29) is 12.3 Å². The highest BCUT2D eigenvalue weighted by Crippen LogP contribution is 2.24. The second-order valence-corrected chi connectivity index (χ2v) is 7.77. The molecule has 0 bridgehead atoms. The van der Waals surface area contributed by atoms with Crippen molar-refractivity contribution in [3.8, 4) is 5.75 Å². The molecule has 0 spiro atoms. The molecule has 2 heterocycles. The number of fused-ring (bicyclic) bond motifs is 1. The number of hydrogen-bond acceptors (Lipinski definition) is 5. The molecule has 0 radical (unpaired) electrons. The lowest BCUT2D eigenvalue weighted by Crippen LogP contribution is -2.23. The molecule has 1 aromatic carbocycles. The Labute approximate surface area is 163 Å². The molecule has 7 heteroatoms. The van der Waals surface area contributed by atoms with Crippen molar-refractivity contribution in [2.24, 2.45) is 0 Å². The summed E-state index contributed by atoms with van der Waals surface area (Å²) in [5.74, 6) is 0.538. The van der Waals surface area contributed by atoms with Crippen LogP contribution < -0.4 is 15.7 Å². The number of hydrogen-bond donors (Lipinski definition) is 1. The standard InChI is InChI=1S/C19H18BrNO4S/c1-11-15-4-3-13(24-2)8-17(15)25-19(23)16(11)5-6-18(22)21-9-14-7-12(20)10-26-14/h3-4,7-8,10H,5-6,9H2,1-2H3,(H,21,22). The van der Waals surface area contributed by atoms with Crippen LogP contribution in [0.2, 0.25) is 0 Å². The summed E-state index contributed by atoms with van der Waals surface area (Å²) in [7, 11) is 1.56. The summed E-state index contributed by atoms with van der Waals surface area (Å²) in [6.07, 6.45) is 0.579. The van der Waals surface area contributed by atoms with E-state index in [1.54, 1.807) is 24.5 Å². The third kappa shape index (κ3) is 4.16. The van der Waals surface area contributed by atoms with E-state index in [9.17, 15) is 9.59 Å². The Hall–Kier alpha value is -2.12. The molecule has 0 aliphatic rings. The van der Waals surface area contributed by atoms with Gasteiger partial charge in [0, 0.05) is 38.2 Å². The maximum atomic E-state index is 12.3. The SMILES string of the molecule is COc1ccc2c(C)c(CCC(=O)NCc3cc(Br)cs3)c(=O)oc2c1. The van der Waals surface area contributed by atoms with E-state index in [1.807, 2.05) is 30.5 Å². The van der Waals surface area contributed by atoms with Crippen LogP contribution in [0.4, 0.5) is 0 Å². The highest BCUT2D eigenvalue weighted by Gasteiger charge is 2.13. The number of carbonyl (C=O) groups excluding carboxylic acids is 1. The van der Waals surface area contributed by atoms with E-state index in [4.69, 9.17) is 9.15 Å². The van der Waals surface area contributed by atoms with Gasteiger partial charge < -0.3 is 14.5 Å². The van der Waals surface area contributed by atoms with Crippen LogP contribution in [0.1, 0.15) is 22.4 Å². The summed E-state index contributed by atoms with van der Waals surface area (Å²) in [5, 5.41) is 5.70. The summed E-state index contributed by atoms with van der Waals surface area (Å²) in [6, 6.07) is 7.36. The molecule has 5 nitrogen and oxygen atoms in total. The molecule has 136 valence electrons. The average molecular weight is 436 g/mol. The minimum Gasteiger partial charge on any atom is -0.497 e. The monoisotopic (exact) mass is 435 g/mol. The van der Waals surface area contributed by atoms with Crippen LogP contribution in [0, 0.1) is 6.92 Å². The molecule has 0 aliphatic carbocycles. The van der Waals surface area contributed by atoms with Gasteiger partial charge in [-0.3, -0.25) is 4.79 Å². The maximum absolute atomic E-state index is 12.3. The fourth-order valence-corrected chi connectivity index (χ4v) is 4.14. The number of benzene rings is 1. The number of rotatable bonds is 6. The van der Waals surface area contributed by atoms with Crippen molar-refractivity contribution in [3.63, 3.8) is 0 Å². The van der Waals surface area contributed by atoms with Crippen LogP contribution >= 0.6 is 27.3 Å². The van der Waals surface area contributed by atoms with Gasteiger partial charge in [-0.25, -0.2) is 4.79 Å². The number of aryl methyl sites for hydroxylation is 1. The van der Waals surface area contributed by atoms with Crippen LogP contribution in [0.3, 0.4) is 0 Å². The molecule has 0 fully saturated rings. The third-order valence-corrected chi connectivity index (χ3v) is 5.88. The quantitative estimate of drug-likeness (QED) is 0.589. The molecule has 1 amide bonds. The van der Waals surface area contributed by atoms with Gasteiger partial charge in [0.1, 0.15) is 11.3 Å². The summed E-state index contributed by atoms with van der Waals surface area (Å²) < 4.78 is 11.6. The molecule has 0 unspecified atom stereocenters. The molecule has 26 heavy (non-hydrogen) atoms. The van der Waals surface area contributed by atoms with Crippen LogP contribution in [0.15, 0.2) is 43.3 Å². The van der Waals surface area contributed by atoms with Crippen LogP contribution in [0.25, 0.3) is 11.0 Å². The minimum atomic E-state index is -0.404. The Morgan fingerprint density at radius 3 is 2.85 bits per heavy atom. The molecule has 3 rings (SSSR count). The lowest BCUT2D eigenvalue weighted by molar-refractivity contribution is -0.121. The van der Waals surface area contributed by atoms with Gasteiger partial charge in [-0.2, -0.15) is 0 Å². The van der Waals surface area contributed by atoms with Crippen LogP contribution in [-0.2, 0) is 17.8 Å². The van der Waals surface area contributed by atoms with E-state index >= 15 is 0 Å². The zero-order chi connectivity index (χ0) is 18.7. The Morgan fingerprint density at radius 2 is 2.15 bits per heavy atom. The van der Waals surface area contributed by atoms with Gasteiger partial charge >= 0.3 is 5.63 Å². The zero-order valence-electron chi connectivity index (χ0n) is 14.4. The van der Waals surface area contributed by atoms with Crippen LogP contribution in [0.5, 0.6) is 5.75 Å². The van der Waals surface area contributed by atoms with Gasteiger partial charge in [-0.15, -0.1) is 11.3 Å². The number of amides is 1. The van der Waals surface area contributed by atoms with E-state index in [0.717, 1.165) is 20.3 Å². The fourth-order valence-electron chi connectivity index (χ4n) is 2.75. The lowest BCUT2D eigenvalue weighted by Gasteiger charge is -2.09. The maximum Gasteiger partial charge on any atom is 0.339 e. The van der Waals surface area contributed by atoms with E-state index in [1.165, 1.54) is 0 Å². The molecule has 2 aromatic heterocycles. The Kier molecular flexibility index (Phi) is 5.78. The normalized spacial score (nSPS) is 10.9. The second kappa shape index (κ2) is 8.05. The van der Waals surface area contributed by atoms with Crippen molar-refractivity contribution in [2.45, 2.75) is 26.3 Å². The fraction of sp³-hybridized carbons (Fsp3) is 0.263. The first-order chi connectivity index (χ1) is 12.5. The van der Waals surface area contributed by atoms with E-state index in [2.05, 4.69) is 21.2 Å². The van der Waals surface area contributed by atoms with Gasteiger partial charge in [-0.1, -0.05) is 0 Å². The van der Waals surface area contributed by atoms with Crippen molar-refractivity contribution in [1.82, 2.24) is 5.32 Å². The Balaban J connectivity index is 1.70. The molecular formula is C19H18BrNO4S. The molecule has 0 atom stereocenters. The first-order valence-corrected chi connectivity index (χ1v) is 9.75. The summed E-state index contributed by atoms with van der Waals surface area (Å²) in [6.45, 7) is 2.36. The zero-order valence-corrected chi connectivity index (χ0v) is 16.8. The largest absolute Gasteiger partial charge is 0.497 e. The number of nitrogens with one attached hydrogen (secondary N) is 1. The highest BCUT2D eigenvalue weighted by atomic mass is 79.9. The van der Waals surface area contributed by atoms with E-state index in [0.29, 0.717) is 29.9 Å². The summed E-state index contributed by atoms with van der Waals surface area (Å²) >= 11 is 4.97. The highest BCUT2D eigenvalue weighted by molar-refractivity contribution is 9.10. The number of carbonyl (C=O) groups is 1. The first kappa shape index (κ1) is 18.7. The predicted octanol–water partition coefficient (Wildman–Crippen LogP) is 4.18. The molecule has 0 saturated carbocycles. The number of halogens is 1. The smallest absolute Gasteiger partial charge is 0.339 e. The number of ether oxygens (including phenoxy) is 1. The van der Waals surface area contributed by atoms with Crippen molar-refractivity contribution >= 4 is 44.1 Å². The molecular weight excluding hydrogens is 418 g/mol. The molecule has 0 aliphatic heterocycles. The molecule has 1 N–H and O–H groups in total. The van der Waals surface area contributed by atoms with Gasteiger partial charge in [-0.05, 0) is 53.0 Å². The Bertz CT molecular complexity index is 1010. The Morgan fingerprint density at radius 1 is 1.35 bits per heavy atom. The van der Waals surface area contributed by atoms with Crippen molar-refractivity contribution in [3.05, 3.63) is 60.5 Å². The molecule has 0 saturated heterocycles. The second-order valence-electron chi connectivity index (χ2n) is 5.86. The first-order valence-electron chi connectivity index (χ1n) is 8.08. The minimum absolute atomic E-state index is 0.0943. The topological polar surface area (TPSA) is 68.5 Å². The average Bonchev–Trinajstić information content (AvgIpc) is 3.04. The van der Waals surface area contributed by atoms with E-state index < -0.39 is 5.63 Å². The number of methoxy groups -OCH3 is 1.